The van der Waals surface area contributed by atoms with Crippen molar-refractivity contribution in [2.75, 3.05) is 0 Å². The molecular weight excluding hydrogens is 216 g/mol. The number of carbonyl (C=O) groups is 2. The first-order valence-electron chi connectivity index (χ1n) is 5.81. The predicted octanol–water partition coefficient (Wildman–Crippen LogP) is 1.14. The van der Waals surface area contributed by atoms with E-state index in [-0.39, 0.29) is 23.9 Å². The molecular formula is C13H16N2O2. The number of hydrogen-bond acceptors (Lipinski definition) is 2. The molecule has 1 aliphatic rings. The molecule has 0 bridgehead atoms. The average molecular weight is 232 g/mol. The molecule has 4 heteroatoms. The molecule has 1 aromatic rings. The molecule has 1 fully saturated rings. The molecule has 2 atom stereocenters. The number of carbonyl (C=O) groups excluding carboxylic acids is 2. The summed E-state index contributed by atoms with van der Waals surface area (Å²) in [6.07, 6.45) is 1.03. The van der Waals surface area contributed by atoms with Crippen molar-refractivity contribution >= 4 is 11.8 Å². The van der Waals surface area contributed by atoms with Gasteiger partial charge in [-0.3, -0.25) is 9.59 Å². The first kappa shape index (κ1) is 11.6. The van der Waals surface area contributed by atoms with Crippen LogP contribution in [0.25, 0.3) is 0 Å². The standard InChI is InChI=1S/C13H16N2O2/c1-9(10-5-3-2-4-6-10)14-13(17)11-7-8-12(16)15-11/h2-6,9,11H,7-8H2,1H3,(H,14,17)(H,15,16). The Balaban J connectivity index is 1.93. The summed E-state index contributed by atoms with van der Waals surface area (Å²) in [6.45, 7) is 1.93. The van der Waals surface area contributed by atoms with Crippen LogP contribution in [0.1, 0.15) is 31.4 Å². The van der Waals surface area contributed by atoms with E-state index in [0.717, 1.165) is 5.56 Å². The second-order valence-electron chi connectivity index (χ2n) is 4.30. The molecule has 0 aromatic heterocycles. The Bertz CT molecular complexity index is 417. The summed E-state index contributed by atoms with van der Waals surface area (Å²) in [5, 5.41) is 5.56. The molecule has 4 nitrogen and oxygen atoms in total. The van der Waals surface area contributed by atoms with Crippen molar-refractivity contribution in [1.29, 1.82) is 0 Å². The zero-order valence-electron chi connectivity index (χ0n) is 9.77. The summed E-state index contributed by atoms with van der Waals surface area (Å²) < 4.78 is 0. The van der Waals surface area contributed by atoms with Crippen LogP contribution in [0.3, 0.4) is 0 Å². The number of nitrogens with one attached hydrogen (secondary N) is 2. The largest absolute Gasteiger partial charge is 0.348 e. The van der Waals surface area contributed by atoms with Gasteiger partial charge in [0.15, 0.2) is 0 Å². The molecule has 2 amide bonds. The minimum atomic E-state index is -0.367. The van der Waals surface area contributed by atoms with E-state index in [1.165, 1.54) is 0 Å². The minimum absolute atomic E-state index is 0.0406. The van der Waals surface area contributed by atoms with Crippen molar-refractivity contribution in [1.82, 2.24) is 10.6 Å². The van der Waals surface area contributed by atoms with E-state index in [9.17, 15) is 9.59 Å². The van der Waals surface area contributed by atoms with E-state index >= 15 is 0 Å². The maximum Gasteiger partial charge on any atom is 0.243 e. The first-order chi connectivity index (χ1) is 8.16. The highest BCUT2D eigenvalue weighted by atomic mass is 16.2. The Labute approximate surface area is 100 Å². The third kappa shape index (κ3) is 2.84. The summed E-state index contributed by atoms with van der Waals surface area (Å²) in [7, 11) is 0. The number of benzene rings is 1. The van der Waals surface area contributed by atoms with Gasteiger partial charge in [-0.05, 0) is 18.9 Å². The van der Waals surface area contributed by atoms with E-state index in [0.29, 0.717) is 12.8 Å². The van der Waals surface area contributed by atoms with E-state index in [1.807, 2.05) is 37.3 Å². The minimum Gasteiger partial charge on any atom is -0.348 e. The fourth-order valence-electron chi connectivity index (χ4n) is 1.95. The summed E-state index contributed by atoms with van der Waals surface area (Å²) in [5.74, 6) is -0.148. The molecule has 0 radical (unpaired) electrons. The van der Waals surface area contributed by atoms with Gasteiger partial charge in [-0.1, -0.05) is 30.3 Å². The van der Waals surface area contributed by atoms with Gasteiger partial charge in [-0.25, -0.2) is 0 Å². The fraction of sp³-hybridized carbons (Fsp3) is 0.385. The zero-order chi connectivity index (χ0) is 12.3. The molecule has 1 heterocycles. The Kier molecular flexibility index (Phi) is 3.42. The molecule has 0 aliphatic carbocycles. The van der Waals surface area contributed by atoms with Crippen molar-refractivity contribution in [3.05, 3.63) is 35.9 Å². The number of hydrogen-bond donors (Lipinski definition) is 2. The maximum absolute atomic E-state index is 11.8. The third-order valence-corrected chi connectivity index (χ3v) is 2.97. The Hall–Kier alpha value is -1.84. The lowest BCUT2D eigenvalue weighted by Gasteiger charge is -2.17. The highest BCUT2D eigenvalue weighted by molar-refractivity contribution is 5.90. The van der Waals surface area contributed by atoms with E-state index in [4.69, 9.17) is 0 Å². The van der Waals surface area contributed by atoms with Crippen LogP contribution in [-0.4, -0.2) is 17.9 Å². The molecule has 2 rings (SSSR count). The topological polar surface area (TPSA) is 58.2 Å². The van der Waals surface area contributed by atoms with Crippen LogP contribution in [0.2, 0.25) is 0 Å². The molecule has 2 N–H and O–H groups in total. The van der Waals surface area contributed by atoms with Gasteiger partial charge in [-0.2, -0.15) is 0 Å². The van der Waals surface area contributed by atoms with E-state index in [1.54, 1.807) is 0 Å². The molecule has 1 aromatic carbocycles. The lowest BCUT2D eigenvalue weighted by Crippen LogP contribution is -2.42. The Morgan fingerprint density at radius 2 is 2.12 bits per heavy atom. The number of amides is 2. The normalized spacial score (nSPS) is 20.8. The van der Waals surface area contributed by atoms with Gasteiger partial charge in [-0.15, -0.1) is 0 Å². The van der Waals surface area contributed by atoms with Crippen LogP contribution in [0.4, 0.5) is 0 Å². The average Bonchev–Trinajstić information content (AvgIpc) is 2.77. The summed E-state index contributed by atoms with van der Waals surface area (Å²) in [5.41, 5.74) is 1.06. The zero-order valence-corrected chi connectivity index (χ0v) is 9.77. The van der Waals surface area contributed by atoms with Gasteiger partial charge in [0.05, 0.1) is 6.04 Å². The van der Waals surface area contributed by atoms with Crippen LogP contribution in [0.5, 0.6) is 0 Å². The van der Waals surface area contributed by atoms with Crippen LogP contribution in [0, 0.1) is 0 Å². The van der Waals surface area contributed by atoms with Crippen molar-refractivity contribution in [3.8, 4) is 0 Å². The van der Waals surface area contributed by atoms with Crippen molar-refractivity contribution < 1.29 is 9.59 Å². The molecule has 0 spiro atoms. The van der Waals surface area contributed by atoms with Crippen LogP contribution in [0.15, 0.2) is 30.3 Å². The quantitative estimate of drug-likeness (QED) is 0.821. The van der Waals surface area contributed by atoms with E-state index in [2.05, 4.69) is 10.6 Å². The smallest absolute Gasteiger partial charge is 0.243 e. The molecule has 1 aliphatic heterocycles. The van der Waals surface area contributed by atoms with Crippen LogP contribution >= 0.6 is 0 Å². The summed E-state index contributed by atoms with van der Waals surface area (Å²) in [4.78, 5) is 22.9. The SMILES string of the molecule is CC(NC(=O)C1CCC(=O)N1)c1ccccc1. The fourth-order valence-corrected chi connectivity index (χ4v) is 1.95. The maximum atomic E-state index is 11.8. The lowest BCUT2D eigenvalue weighted by atomic mass is 10.1. The van der Waals surface area contributed by atoms with Gasteiger partial charge in [0.25, 0.3) is 0 Å². The lowest BCUT2D eigenvalue weighted by molar-refractivity contribution is -0.126. The van der Waals surface area contributed by atoms with E-state index < -0.39 is 0 Å². The first-order valence-corrected chi connectivity index (χ1v) is 5.81. The van der Waals surface area contributed by atoms with Crippen LogP contribution in [-0.2, 0) is 9.59 Å². The summed E-state index contributed by atoms with van der Waals surface area (Å²) >= 11 is 0. The predicted molar refractivity (Wildman–Crippen MR) is 64.2 cm³/mol. The van der Waals surface area contributed by atoms with Gasteiger partial charge >= 0.3 is 0 Å². The Morgan fingerprint density at radius 1 is 1.41 bits per heavy atom. The Morgan fingerprint density at radius 3 is 2.71 bits per heavy atom. The highest BCUT2D eigenvalue weighted by Gasteiger charge is 2.27. The van der Waals surface area contributed by atoms with Crippen molar-refractivity contribution in [2.24, 2.45) is 0 Å². The molecule has 17 heavy (non-hydrogen) atoms. The molecule has 1 saturated heterocycles. The van der Waals surface area contributed by atoms with Crippen LogP contribution < -0.4 is 10.6 Å². The molecule has 0 saturated carbocycles. The van der Waals surface area contributed by atoms with Crippen molar-refractivity contribution in [2.45, 2.75) is 31.8 Å². The molecule has 2 unspecified atom stereocenters. The van der Waals surface area contributed by atoms with Crippen molar-refractivity contribution in [3.63, 3.8) is 0 Å². The second kappa shape index (κ2) is 4.99. The monoisotopic (exact) mass is 232 g/mol. The number of rotatable bonds is 3. The van der Waals surface area contributed by atoms with Gasteiger partial charge < -0.3 is 10.6 Å². The third-order valence-electron chi connectivity index (χ3n) is 2.97. The molecule has 90 valence electrons. The van der Waals surface area contributed by atoms with Gasteiger partial charge in [0.2, 0.25) is 11.8 Å². The summed E-state index contributed by atoms with van der Waals surface area (Å²) in [6, 6.07) is 9.35. The second-order valence-corrected chi connectivity index (χ2v) is 4.30. The van der Waals surface area contributed by atoms with Gasteiger partial charge in [0.1, 0.15) is 6.04 Å². The highest BCUT2D eigenvalue weighted by Crippen LogP contribution is 2.13. The van der Waals surface area contributed by atoms with Gasteiger partial charge in [0, 0.05) is 6.42 Å².